The molecule has 0 aromatic heterocycles. The molecule has 24 heavy (non-hydrogen) atoms. The van der Waals surface area contributed by atoms with Crippen molar-refractivity contribution in [1.82, 2.24) is 4.90 Å². The van der Waals surface area contributed by atoms with Crippen LogP contribution < -0.4 is 0 Å². The van der Waals surface area contributed by atoms with Crippen LogP contribution >= 0.6 is 0 Å². The third-order valence-electron chi connectivity index (χ3n) is 3.71. The second-order valence-corrected chi connectivity index (χ2v) is 5.79. The van der Waals surface area contributed by atoms with Crippen LogP contribution in [0.3, 0.4) is 0 Å². The molecule has 0 radical (unpaired) electrons. The minimum atomic E-state index is -1.50. The Bertz CT molecular complexity index is 539. The largest absolute Gasteiger partial charge is 0.454 e. The molecule has 0 amide bonds. The summed E-state index contributed by atoms with van der Waals surface area (Å²) >= 11 is 0. The zero-order valence-electron chi connectivity index (χ0n) is 13.7. The molecule has 0 saturated carbocycles. The molecule has 0 bridgehead atoms. The quantitative estimate of drug-likeness (QED) is 0.407. The molecule has 4 N–H and O–H groups in total. The van der Waals surface area contributed by atoms with Gasteiger partial charge < -0.3 is 34.8 Å². The van der Waals surface area contributed by atoms with E-state index in [1.54, 1.807) is 19.0 Å². The van der Waals surface area contributed by atoms with Crippen molar-refractivity contribution in [2.75, 3.05) is 20.7 Å². The van der Waals surface area contributed by atoms with Gasteiger partial charge in [-0.15, -0.1) is 0 Å². The molecule has 5 atom stereocenters. The molecule has 1 fully saturated rings. The maximum Gasteiger partial charge on any atom is 0.287 e. The summed E-state index contributed by atoms with van der Waals surface area (Å²) in [4.78, 5) is 5.92. The maximum atomic E-state index is 10.1. The van der Waals surface area contributed by atoms with Crippen LogP contribution in [-0.2, 0) is 16.0 Å². The van der Waals surface area contributed by atoms with E-state index < -0.39 is 37.3 Å². The van der Waals surface area contributed by atoms with Gasteiger partial charge in [-0.3, -0.25) is 0 Å². The Balaban J connectivity index is 2.09. The van der Waals surface area contributed by atoms with E-state index in [1.807, 2.05) is 30.3 Å². The summed E-state index contributed by atoms with van der Waals surface area (Å²) in [5, 5.41) is 39.1. The first-order valence-electron chi connectivity index (χ1n) is 7.67. The zero-order valence-corrected chi connectivity index (χ0v) is 13.7. The highest BCUT2D eigenvalue weighted by Gasteiger charge is 2.45. The molecule has 134 valence electrons. The van der Waals surface area contributed by atoms with Crippen molar-refractivity contribution in [2.24, 2.45) is 4.99 Å². The van der Waals surface area contributed by atoms with E-state index in [1.165, 1.54) is 0 Å². The van der Waals surface area contributed by atoms with Crippen LogP contribution in [0.1, 0.15) is 5.56 Å². The van der Waals surface area contributed by atoms with E-state index in [2.05, 4.69) is 4.99 Å². The Labute approximate surface area is 140 Å². The van der Waals surface area contributed by atoms with Crippen LogP contribution in [0.4, 0.5) is 0 Å². The molecule has 1 heterocycles. The molecule has 0 aliphatic carbocycles. The third kappa shape index (κ3) is 4.43. The normalized spacial score (nSPS) is 30.9. The Morgan fingerprint density at radius 3 is 2.42 bits per heavy atom. The first kappa shape index (κ1) is 18.6. The van der Waals surface area contributed by atoms with Crippen molar-refractivity contribution < 1.29 is 29.9 Å². The summed E-state index contributed by atoms with van der Waals surface area (Å²) in [6.45, 7) is -0.166. The van der Waals surface area contributed by atoms with Crippen LogP contribution in [0.2, 0.25) is 0 Å². The molecular weight excluding hydrogens is 316 g/mol. The third-order valence-corrected chi connectivity index (χ3v) is 3.71. The van der Waals surface area contributed by atoms with Crippen molar-refractivity contribution in [1.29, 1.82) is 0 Å². The maximum absolute atomic E-state index is 10.1. The Kier molecular flexibility index (Phi) is 6.52. The number of ether oxygens (including phenoxy) is 2. The lowest BCUT2D eigenvalue weighted by Crippen LogP contribution is -2.60. The second-order valence-electron chi connectivity index (χ2n) is 5.79. The summed E-state index contributed by atoms with van der Waals surface area (Å²) < 4.78 is 10.6. The lowest BCUT2D eigenvalue weighted by atomic mass is 9.99. The highest BCUT2D eigenvalue weighted by Crippen LogP contribution is 2.22. The number of hydrogen-bond donors (Lipinski definition) is 4. The number of aliphatic imine (C=N–C) groups is 1. The van der Waals surface area contributed by atoms with Gasteiger partial charge in [0.15, 0.2) is 12.4 Å². The van der Waals surface area contributed by atoms with E-state index >= 15 is 0 Å². The van der Waals surface area contributed by atoms with Crippen molar-refractivity contribution in [3.63, 3.8) is 0 Å². The lowest BCUT2D eigenvalue weighted by molar-refractivity contribution is -0.284. The monoisotopic (exact) mass is 340 g/mol. The highest BCUT2D eigenvalue weighted by atomic mass is 16.7. The van der Waals surface area contributed by atoms with E-state index in [4.69, 9.17) is 14.6 Å². The Morgan fingerprint density at radius 1 is 1.17 bits per heavy atom. The van der Waals surface area contributed by atoms with Crippen LogP contribution in [-0.4, -0.2) is 82.8 Å². The molecule has 1 aromatic rings. The number of aliphatic hydroxyl groups excluding tert-OH is 4. The molecule has 1 aromatic carbocycles. The molecule has 2 rings (SSSR count). The molecule has 1 aliphatic rings. The highest BCUT2D eigenvalue weighted by molar-refractivity contribution is 5.73. The summed E-state index contributed by atoms with van der Waals surface area (Å²) in [6, 6.07) is 9.71. The lowest BCUT2D eigenvalue weighted by Gasteiger charge is -2.40. The van der Waals surface area contributed by atoms with Gasteiger partial charge in [0.2, 0.25) is 0 Å². The summed E-state index contributed by atoms with van der Waals surface area (Å²) in [5.41, 5.74) is 0.974. The van der Waals surface area contributed by atoms with Crippen LogP contribution in [0.5, 0.6) is 0 Å². The molecule has 8 nitrogen and oxygen atoms in total. The number of hydrogen-bond acceptors (Lipinski definition) is 7. The predicted octanol–water partition coefficient (Wildman–Crippen LogP) is -1.08. The van der Waals surface area contributed by atoms with Crippen molar-refractivity contribution in [3.05, 3.63) is 35.9 Å². The summed E-state index contributed by atoms with van der Waals surface area (Å²) in [7, 11) is 3.42. The minimum absolute atomic E-state index is 0.181. The van der Waals surface area contributed by atoms with Gasteiger partial charge in [0, 0.05) is 14.1 Å². The van der Waals surface area contributed by atoms with Gasteiger partial charge in [-0.25, -0.2) is 4.99 Å². The fraction of sp³-hybridized carbons (Fsp3) is 0.562. The van der Waals surface area contributed by atoms with Crippen molar-refractivity contribution >= 4 is 6.02 Å². The number of benzene rings is 1. The average molecular weight is 340 g/mol. The SMILES string of the molecule is CN(C)C(=NCc1ccccc1)OC1C(O)OC(CO)C(O)C1O. The van der Waals surface area contributed by atoms with Gasteiger partial charge in [-0.1, -0.05) is 30.3 Å². The molecule has 1 saturated heterocycles. The topological polar surface area (TPSA) is 115 Å². The first-order valence-corrected chi connectivity index (χ1v) is 7.67. The number of nitrogens with zero attached hydrogens (tertiary/aromatic N) is 2. The summed E-state index contributed by atoms with van der Waals surface area (Å²) in [5.74, 6) is 0. The smallest absolute Gasteiger partial charge is 0.287 e. The van der Waals surface area contributed by atoms with E-state index in [-0.39, 0.29) is 6.02 Å². The number of rotatable bonds is 4. The molecular formula is C16H24N2O6. The Hall–Kier alpha value is -1.71. The van der Waals surface area contributed by atoms with Gasteiger partial charge in [-0.2, -0.15) is 0 Å². The standard InChI is InChI=1S/C16H24N2O6/c1-18(2)16(17-8-10-6-4-3-5-7-10)24-14-13(21)12(20)11(9-19)23-15(14)22/h3-7,11-15,19-22H,8-9H2,1-2H3. The molecule has 5 unspecified atom stereocenters. The van der Waals surface area contributed by atoms with Gasteiger partial charge in [0.1, 0.15) is 18.3 Å². The fourth-order valence-electron chi connectivity index (χ4n) is 2.35. The van der Waals surface area contributed by atoms with E-state index in [9.17, 15) is 15.3 Å². The molecule has 0 spiro atoms. The van der Waals surface area contributed by atoms with E-state index in [0.717, 1.165) is 5.56 Å². The first-order chi connectivity index (χ1) is 11.4. The molecule has 1 aliphatic heterocycles. The van der Waals surface area contributed by atoms with Gasteiger partial charge >= 0.3 is 0 Å². The zero-order chi connectivity index (χ0) is 17.7. The van der Waals surface area contributed by atoms with Crippen LogP contribution in [0.15, 0.2) is 35.3 Å². The van der Waals surface area contributed by atoms with E-state index in [0.29, 0.717) is 6.54 Å². The van der Waals surface area contributed by atoms with Crippen molar-refractivity contribution in [3.8, 4) is 0 Å². The Morgan fingerprint density at radius 2 is 1.83 bits per heavy atom. The van der Waals surface area contributed by atoms with Crippen LogP contribution in [0.25, 0.3) is 0 Å². The van der Waals surface area contributed by atoms with Crippen LogP contribution in [0, 0.1) is 0 Å². The van der Waals surface area contributed by atoms with Gasteiger partial charge in [0.25, 0.3) is 6.02 Å². The van der Waals surface area contributed by atoms with Gasteiger partial charge in [0.05, 0.1) is 13.2 Å². The number of aliphatic hydroxyl groups is 4. The second kappa shape index (κ2) is 8.41. The number of amidine groups is 1. The van der Waals surface area contributed by atoms with Gasteiger partial charge in [-0.05, 0) is 5.56 Å². The average Bonchev–Trinajstić information content (AvgIpc) is 2.58. The molecule has 8 heteroatoms. The van der Waals surface area contributed by atoms with Crippen molar-refractivity contribution in [2.45, 2.75) is 37.3 Å². The summed E-state index contributed by atoms with van der Waals surface area (Å²) in [6.07, 6.45) is -6.59. The fourth-order valence-corrected chi connectivity index (χ4v) is 2.35. The minimum Gasteiger partial charge on any atom is -0.454 e. The predicted molar refractivity (Wildman–Crippen MR) is 86.1 cm³/mol.